The summed E-state index contributed by atoms with van der Waals surface area (Å²) in [5.41, 5.74) is 1.15. The molecule has 11 heteroatoms. The Morgan fingerprint density at radius 3 is 2.93 bits per heavy atom. The number of hydrogen-bond donors (Lipinski definition) is 2. The Bertz CT molecular complexity index is 949. The minimum absolute atomic E-state index is 0.190. The third-order valence-corrected chi connectivity index (χ3v) is 4.65. The third kappa shape index (κ3) is 3.63. The molecule has 1 aromatic carbocycles. The number of nitrogens with zero attached hydrogens (tertiary/aromatic N) is 7. The van der Waals surface area contributed by atoms with Gasteiger partial charge < -0.3 is 15.4 Å². The SMILES string of the molecule is CCn1ncnc1C(NC(=O)Nc1cc(OC)ccc1-n1cnnn1)C1CC1. The molecule has 0 bridgehead atoms. The van der Waals surface area contributed by atoms with Crippen LogP contribution in [0.1, 0.15) is 31.6 Å². The molecule has 3 aromatic rings. The predicted molar refractivity (Wildman–Crippen MR) is 99.0 cm³/mol. The lowest BCUT2D eigenvalue weighted by molar-refractivity contribution is 0.246. The van der Waals surface area contributed by atoms with Crippen LogP contribution in [0.15, 0.2) is 30.9 Å². The molecule has 11 nitrogen and oxygen atoms in total. The highest BCUT2D eigenvalue weighted by atomic mass is 16.5. The quantitative estimate of drug-likeness (QED) is 0.634. The fraction of sp³-hybridized carbons (Fsp3) is 0.412. The second-order valence-electron chi connectivity index (χ2n) is 6.49. The van der Waals surface area contributed by atoms with Crippen molar-refractivity contribution in [2.45, 2.75) is 32.4 Å². The molecule has 4 rings (SSSR count). The van der Waals surface area contributed by atoms with Crippen LogP contribution in [0.2, 0.25) is 0 Å². The number of ether oxygens (including phenoxy) is 1. The van der Waals surface area contributed by atoms with Gasteiger partial charge in [-0.25, -0.2) is 14.5 Å². The van der Waals surface area contributed by atoms with E-state index >= 15 is 0 Å². The van der Waals surface area contributed by atoms with Crippen LogP contribution in [0.25, 0.3) is 5.69 Å². The molecule has 2 amide bonds. The molecule has 2 heterocycles. The summed E-state index contributed by atoms with van der Waals surface area (Å²) in [7, 11) is 1.57. The van der Waals surface area contributed by atoms with E-state index in [0.717, 1.165) is 18.7 Å². The summed E-state index contributed by atoms with van der Waals surface area (Å²) in [6, 6.07) is 4.74. The molecule has 0 spiro atoms. The third-order valence-electron chi connectivity index (χ3n) is 4.65. The van der Waals surface area contributed by atoms with E-state index in [0.29, 0.717) is 29.6 Å². The summed E-state index contributed by atoms with van der Waals surface area (Å²) in [5.74, 6) is 1.74. The molecule has 146 valence electrons. The first-order valence-electron chi connectivity index (χ1n) is 9.06. The van der Waals surface area contributed by atoms with E-state index in [2.05, 4.69) is 36.2 Å². The fourth-order valence-electron chi connectivity index (χ4n) is 3.09. The van der Waals surface area contributed by atoms with Gasteiger partial charge >= 0.3 is 6.03 Å². The van der Waals surface area contributed by atoms with Crippen molar-refractivity contribution >= 4 is 11.7 Å². The van der Waals surface area contributed by atoms with Crippen LogP contribution in [0.5, 0.6) is 5.75 Å². The fourth-order valence-corrected chi connectivity index (χ4v) is 3.09. The Morgan fingerprint density at radius 2 is 2.25 bits per heavy atom. The van der Waals surface area contributed by atoms with Crippen molar-refractivity contribution in [2.24, 2.45) is 5.92 Å². The Kier molecular flexibility index (Phi) is 4.87. The number of carbonyl (C=O) groups excluding carboxylic acids is 1. The van der Waals surface area contributed by atoms with Crippen LogP contribution in [0.4, 0.5) is 10.5 Å². The average molecular weight is 383 g/mol. The van der Waals surface area contributed by atoms with Crippen molar-refractivity contribution in [3.05, 3.63) is 36.7 Å². The molecule has 1 fully saturated rings. The second-order valence-corrected chi connectivity index (χ2v) is 6.49. The number of rotatable bonds is 7. The molecule has 1 unspecified atom stereocenters. The van der Waals surface area contributed by atoms with Gasteiger partial charge in [0.15, 0.2) is 0 Å². The lowest BCUT2D eigenvalue weighted by atomic mass is 10.1. The van der Waals surface area contributed by atoms with Crippen LogP contribution in [-0.2, 0) is 6.54 Å². The molecular weight excluding hydrogens is 362 g/mol. The highest BCUT2D eigenvalue weighted by Crippen LogP contribution is 2.40. The zero-order valence-corrected chi connectivity index (χ0v) is 15.6. The van der Waals surface area contributed by atoms with Gasteiger partial charge in [-0.15, -0.1) is 5.10 Å². The number of tetrazole rings is 1. The van der Waals surface area contributed by atoms with Gasteiger partial charge in [0.2, 0.25) is 0 Å². The maximum Gasteiger partial charge on any atom is 0.319 e. The van der Waals surface area contributed by atoms with Gasteiger partial charge in [0.05, 0.1) is 24.5 Å². The molecule has 28 heavy (non-hydrogen) atoms. The molecule has 2 N–H and O–H groups in total. The van der Waals surface area contributed by atoms with Crippen LogP contribution in [-0.4, -0.2) is 48.1 Å². The van der Waals surface area contributed by atoms with E-state index in [-0.39, 0.29) is 12.1 Å². The van der Waals surface area contributed by atoms with Crippen LogP contribution in [0, 0.1) is 5.92 Å². The zero-order valence-electron chi connectivity index (χ0n) is 15.6. The smallest absolute Gasteiger partial charge is 0.319 e. The Hall–Kier alpha value is -3.50. The molecule has 0 aliphatic heterocycles. The predicted octanol–water partition coefficient (Wildman–Crippen LogP) is 1.56. The highest BCUT2D eigenvalue weighted by Gasteiger charge is 2.36. The molecule has 1 aliphatic rings. The van der Waals surface area contributed by atoms with Crippen LogP contribution in [0.3, 0.4) is 0 Å². The Labute approximate surface area is 161 Å². The topological polar surface area (TPSA) is 125 Å². The number of aryl methyl sites for hydroxylation is 1. The minimum Gasteiger partial charge on any atom is -0.497 e. The molecule has 1 saturated carbocycles. The normalized spacial score (nSPS) is 14.5. The van der Waals surface area contributed by atoms with Crippen molar-refractivity contribution in [3.8, 4) is 11.4 Å². The molecule has 0 saturated heterocycles. The number of carbonyl (C=O) groups is 1. The van der Waals surface area contributed by atoms with Crippen molar-refractivity contribution in [1.29, 1.82) is 0 Å². The van der Waals surface area contributed by atoms with Crippen molar-refractivity contribution in [2.75, 3.05) is 12.4 Å². The number of benzene rings is 1. The van der Waals surface area contributed by atoms with Gasteiger partial charge in [-0.3, -0.25) is 0 Å². The second kappa shape index (κ2) is 7.62. The first-order valence-corrected chi connectivity index (χ1v) is 9.06. The number of methoxy groups -OCH3 is 1. The van der Waals surface area contributed by atoms with Crippen molar-refractivity contribution in [1.82, 2.24) is 40.3 Å². The molecule has 0 radical (unpaired) electrons. The van der Waals surface area contributed by atoms with Gasteiger partial charge in [-0.05, 0) is 48.2 Å². The van der Waals surface area contributed by atoms with E-state index in [9.17, 15) is 4.79 Å². The van der Waals surface area contributed by atoms with Gasteiger partial charge in [-0.1, -0.05) is 0 Å². The highest BCUT2D eigenvalue weighted by molar-refractivity contribution is 5.92. The molecule has 1 atom stereocenters. The number of anilines is 1. The number of nitrogens with one attached hydrogen (secondary N) is 2. The first kappa shape index (κ1) is 17.9. The summed E-state index contributed by atoms with van der Waals surface area (Å²) in [5, 5.41) is 21.3. The monoisotopic (exact) mass is 383 g/mol. The van der Waals surface area contributed by atoms with Gasteiger partial charge in [0.1, 0.15) is 24.2 Å². The maximum absolute atomic E-state index is 12.8. The van der Waals surface area contributed by atoms with Crippen LogP contribution >= 0.6 is 0 Å². The van der Waals surface area contributed by atoms with E-state index in [1.807, 2.05) is 6.92 Å². The summed E-state index contributed by atoms with van der Waals surface area (Å²) in [4.78, 5) is 17.1. The van der Waals surface area contributed by atoms with E-state index in [1.165, 1.54) is 17.3 Å². The standard InChI is InChI=1S/C17H21N9O2/c1-3-25-16(18-9-20-25)15(11-4-5-11)22-17(27)21-13-8-12(28-2)6-7-14(13)26-10-19-23-24-26/h6-11,15H,3-5H2,1-2H3,(H2,21,22,27). The maximum atomic E-state index is 12.8. The lowest BCUT2D eigenvalue weighted by Gasteiger charge is -2.19. The minimum atomic E-state index is -0.342. The summed E-state index contributed by atoms with van der Waals surface area (Å²) in [6.45, 7) is 2.69. The number of aromatic nitrogens is 7. The molecule has 2 aromatic heterocycles. The largest absolute Gasteiger partial charge is 0.497 e. The first-order chi connectivity index (χ1) is 13.7. The van der Waals surface area contributed by atoms with E-state index in [4.69, 9.17) is 4.74 Å². The zero-order chi connectivity index (χ0) is 19.5. The lowest BCUT2D eigenvalue weighted by Crippen LogP contribution is -2.35. The van der Waals surface area contributed by atoms with E-state index < -0.39 is 0 Å². The molecular formula is C17H21N9O2. The summed E-state index contributed by atoms with van der Waals surface area (Å²) in [6.07, 6.45) is 5.08. The number of amides is 2. The van der Waals surface area contributed by atoms with Gasteiger partial charge in [0.25, 0.3) is 0 Å². The molecule has 1 aliphatic carbocycles. The summed E-state index contributed by atoms with van der Waals surface area (Å²) < 4.78 is 8.55. The summed E-state index contributed by atoms with van der Waals surface area (Å²) >= 11 is 0. The number of urea groups is 1. The van der Waals surface area contributed by atoms with Gasteiger partial charge in [0, 0.05) is 12.6 Å². The van der Waals surface area contributed by atoms with Crippen molar-refractivity contribution in [3.63, 3.8) is 0 Å². The Morgan fingerprint density at radius 1 is 1.39 bits per heavy atom. The van der Waals surface area contributed by atoms with Crippen LogP contribution < -0.4 is 15.4 Å². The average Bonchev–Trinajstić information content (AvgIpc) is 3.19. The van der Waals surface area contributed by atoms with Gasteiger partial charge in [-0.2, -0.15) is 9.78 Å². The Balaban J connectivity index is 1.56. The number of hydrogen-bond acceptors (Lipinski definition) is 7. The van der Waals surface area contributed by atoms with E-state index in [1.54, 1.807) is 30.0 Å². The van der Waals surface area contributed by atoms with Crippen molar-refractivity contribution < 1.29 is 9.53 Å².